The maximum Gasteiger partial charge on any atom is 0.352 e. The largest absolute Gasteiger partial charge is 0.477 e. The van der Waals surface area contributed by atoms with Crippen LogP contribution in [0.25, 0.3) is 0 Å². The van der Waals surface area contributed by atoms with Crippen molar-refractivity contribution < 1.29 is 27.9 Å². The Morgan fingerprint density at radius 3 is 2.29 bits per heavy atom. The van der Waals surface area contributed by atoms with E-state index in [1.54, 1.807) is 17.0 Å². The monoisotopic (exact) mass is 547 g/mol. The highest BCUT2D eigenvalue weighted by atomic mass is 32.2. The summed E-state index contributed by atoms with van der Waals surface area (Å²) in [5, 5.41) is 12.4. The second-order valence-corrected chi connectivity index (χ2v) is 11.3. The predicted octanol–water partition coefficient (Wildman–Crippen LogP) is 3.77. The van der Waals surface area contributed by atoms with Crippen molar-refractivity contribution in [2.24, 2.45) is 5.92 Å². The van der Waals surface area contributed by atoms with E-state index in [1.807, 2.05) is 13.8 Å². The summed E-state index contributed by atoms with van der Waals surface area (Å²) < 4.78 is 27.8. The zero-order valence-corrected chi connectivity index (χ0v) is 23.5. The van der Waals surface area contributed by atoms with Crippen LogP contribution in [0, 0.1) is 5.92 Å². The third-order valence-electron chi connectivity index (χ3n) is 6.74. The van der Waals surface area contributed by atoms with Crippen molar-refractivity contribution in [1.82, 2.24) is 14.9 Å². The van der Waals surface area contributed by atoms with Crippen LogP contribution in [0.15, 0.2) is 52.6 Å². The van der Waals surface area contributed by atoms with Gasteiger partial charge in [-0.05, 0) is 48.6 Å². The highest BCUT2D eigenvalue weighted by Crippen LogP contribution is 2.21. The smallest absolute Gasteiger partial charge is 0.352 e. The lowest BCUT2D eigenvalue weighted by molar-refractivity contribution is -0.134. The lowest BCUT2D eigenvalue weighted by Crippen LogP contribution is -2.40. The molecule has 0 spiro atoms. The fraction of sp³-hybridized carbons (Fsp3) is 0.536. The summed E-state index contributed by atoms with van der Waals surface area (Å²) in [4.78, 5) is 37.9. The van der Waals surface area contributed by atoms with Gasteiger partial charge in [-0.2, -0.15) is 0 Å². The number of amides is 2. The molecule has 1 aliphatic rings. The van der Waals surface area contributed by atoms with E-state index in [4.69, 9.17) is 0 Å². The molecule has 1 aromatic carbocycles. The van der Waals surface area contributed by atoms with Crippen molar-refractivity contribution in [2.45, 2.75) is 77.0 Å². The fourth-order valence-electron chi connectivity index (χ4n) is 4.23. The van der Waals surface area contributed by atoms with Crippen LogP contribution in [0.3, 0.4) is 0 Å². The van der Waals surface area contributed by atoms with Gasteiger partial charge in [0.25, 0.3) is 15.9 Å². The minimum Gasteiger partial charge on any atom is -0.477 e. The minimum absolute atomic E-state index is 0.0131. The second kappa shape index (κ2) is 15.3. The summed E-state index contributed by atoms with van der Waals surface area (Å²) in [6.07, 6.45) is 9.67. The van der Waals surface area contributed by atoms with Gasteiger partial charge in [0.15, 0.2) is 0 Å². The first-order valence-electron chi connectivity index (χ1n) is 13.4. The molecule has 0 aliphatic carbocycles. The number of carboxylic acids is 1. The summed E-state index contributed by atoms with van der Waals surface area (Å²) in [6.45, 7) is 7.10. The highest BCUT2D eigenvalue weighted by molar-refractivity contribution is 7.90. The van der Waals surface area contributed by atoms with Crippen molar-refractivity contribution in [3.8, 4) is 0 Å². The summed E-state index contributed by atoms with van der Waals surface area (Å²) in [6, 6.07) is 6.17. The molecule has 2 amide bonds. The maximum atomic E-state index is 12.8. The Bertz CT molecular complexity index is 1120. The van der Waals surface area contributed by atoms with Crippen LogP contribution in [0.4, 0.5) is 0 Å². The van der Waals surface area contributed by atoms with Gasteiger partial charge in [-0.15, -0.1) is 0 Å². The van der Waals surface area contributed by atoms with Crippen LogP contribution in [0.1, 0.15) is 71.3 Å². The van der Waals surface area contributed by atoms with Crippen molar-refractivity contribution in [2.75, 3.05) is 19.6 Å². The number of nitrogens with zero attached hydrogens (tertiary/aromatic N) is 1. The summed E-state index contributed by atoms with van der Waals surface area (Å²) in [5.41, 5.74) is 1.12. The van der Waals surface area contributed by atoms with Gasteiger partial charge in [0.2, 0.25) is 5.91 Å². The molecule has 1 heterocycles. The Kier molecular flexibility index (Phi) is 12.5. The lowest BCUT2D eigenvalue weighted by atomic mass is 10.0. The number of hydrogen-bond acceptors (Lipinski definition) is 6. The fourth-order valence-corrected chi connectivity index (χ4v) is 5.22. The molecule has 0 fully saturated rings. The predicted molar refractivity (Wildman–Crippen MR) is 147 cm³/mol. The van der Waals surface area contributed by atoms with E-state index in [2.05, 4.69) is 17.0 Å². The molecular formula is C28H41N3O6S. The van der Waals surface area contributed by atoms with E-state index in [0.717, 1.165) is 44.1 Å². The molecule has 0 unspecified atom stereocenters. The zero-order valence-electron chi connectivity index (χ0n) is 22.7. The Balaban J connectivity index is 1.96. The molecule has 210 valence electrons. The topological polar surface area (TPSA) is 133 Å². The van der Waals surface area contributed by atoms with Crippen LogP contribution in [0.2, 0.25) is 0 Å². The molecule has 0 saturated heterocycles. The number of carboxylic acid groups (broad SMARTS) is 1. The summed E-state index contributed by atoms with van der Waals surface area (Å²) >= 11 is 0. The van der Waals surface area contributed by atoms with Crippen LogP contribution in [-0.2, 0) is 30.8 Å². The Hall–Kier alpha value is -3.14. The third-order valence-corrected chi connectivity index (χ3v) is 8.09. The third kappa shape index (κ3) is 9.63. The van der Waals surface area contributed by atoms with E-state index < -0.39 is 21.9 Å². The molecule has 0 radical (unpaired) electrons. The molecule has 9 nitrogen and oxygen atoms in total. The molecule has 0 bridgehead atoms. The molecule has 1 aliphatic heterocycles. The Labute approximate surface area is 226 Å². The number of rotatable bonds is 16. The number of hydrogen-bond donors (Lipinski definition) is 3. The molecular weight excluding hydrogens is 506 g/mol. The standard InChI is InChI=1S/C28H41N3O6S/c1-4-7-8-9-10-26(32)29-18-17-22-11-14-24(15-12-22)38(36,37)30-27(33)23-13-16-25(28(34)35)31(20-23)19-21(5-2)6-3/h11-16,21H,4-10,17-20H2,1-3H3,(H,29,32)(H,30,33)(H,34,35). The van der Waals surface area contributed by atoms with Crippen molar-refractivity contribution in [3.05, 3.63) is 53.3 Å². The highest BCUT2D eigenvalue weighted by Gasteiger charge is 2.27. The molecule has 38 heavy (non-hydrogen) atoms. The van der Waals surface area contributed by atoms with Gasteiger partial charge in [-0.25, -0.2) is 17.9 Å². The SMILES string of the molecule is CCCCCCC(=O)NCCc1ccc(S(=O)(=O)NC(=O)C2=CC=C(C(=O)O)N(CC(CC)CC)C2)cc1. The maximum absolute atomic E-state index is 12.8. The van der Waals surface area contributed by atoms with Crippen LogP contribution in [-0.4, -0.2) is 55.8 Å². The quantitative estimate of drug-likeness (QED) is 0.268. The molecule has 0 atom stereocenters. The minimum atomic E-state index is -4.12. The van der Waals surface area contributed by atoms with Gasteiger partial charge < -0.3 is 15.3 Å². The molecule has 0 saturated carbocycles. The van der Waals surface area contributed by atoms with Crippen LogP contribution in [0.5, 0.6) is 0 Å². The van der Waals surface area contributed by atoms with Gasteiger partial charge in [0.05, 0.1) is 4.90 Å². The second-order valence-electron chi connectivity index (χ2n) is 9.60. The number of carbonyl (C=O) groups excluding carboxylic acids is 2. The van der Waals surface area contributed by atoms with Gasteiger partial charge in [0, 0.05) is 31.6 Å². The molecule has 0 aromatic heterocycles. The number of nitrogens with one attached hydrogen (secondary N) is 2. The number of sulfonamides is 1. The van der Waals surface area contributed by atoms with E-state index >= 15 is 0 Å². The molecule has 1 aromatic rings. The average Bonchev–Trinajstić information content (AvgIpc) is 2.89. The Morgan fingerprint density at radius 1 is 1.00 bits per heavy atom. The van der Waals surface area contributed by atoms with E-state index in [-0.39, 0.29) is 34.5 Å². The first kappa shape index (κ1) is 31.1. The lowest BCUT2D eigenvalue weighted by Gasteiger charge is -2.31. The first-order chi connectivity index (χ1) is 18.1. The number of aliphatic carboxylic acids is 1. The van der Waals surface area contributed by atoms with Crippen molar-refractivity contribution in [3.63, 3.8) is 0 Å². The van der Waals surface area contributed by atoms with Crippen LogP contribution < -0.4 is 10.0 Å². The molecule has 2 rings (SSSR count). The number of benzene rings is 1. The summed E-state index contributed by atoms with van der Waals surface area (Å²) in [5.74, 6) is -1.61. The van der Waals surface area contributed by atoms with E-state index in [1.165, 1.54) is 24.3 Å². The van der Waals surface area contributed by atoms with Gasteiger partial charge in [-0.3, -0.25) is 9.59 Å². The first-order valence-corrected chi connectivity index (χ1v) is 14.9. The van der Waals surface area contributed by atoms with Crippen molar-refractivity contribution in [1.29, 1.82) is 0 Å². The molecule has 10 heteroatoms. The van der Waals surface area contributed by atoms with Crippen molar-refractivity contribution >= 4 is 27.8 Å². The number of unbranched alkanes of at least 4 members (excludes halogenated alkanes) is 3. The van der Waals surface area contributed by atoms with Gasteiger partial charge in [0.1, 0.15) is 5.70 Å². The summed E-state index contributed by atoms with van der Waals surface area (Å²) in [7, 11) is -4.12. The van der Waals surface area contributed by atoms with Gasteiger partial charge in [-0.1, -0.05) is 65.0 Å². The zero-order chi connectivity index (χ0) is 28.1. The average molecular weight is 548 g/mol. The van der Waals surface area contributed by atoms with Gasteiger partial charge >= 0.3 is 5.97 Å². The number of allylic oxidation sites excluding steroid dienone is 2. The number of carbonyl (C=O) groups is 3. The molecule has 3 N–H and O–H groups in total. The van der Waals surface area contributed by atoms with E-state index in [0.29, 0.717) is 25.9 Å². The normalized spacial score (nSPS) is 13.6. The Morgan fingerprint density at radius 2 is 1.68 bits per heavy atom. The van der Waals surface area contributed by atoms with E-state index in [9.17, 15) is 27.9 Å². The van der Waals surface area contributed by atoms with Crippen LogP contribution >= 0.6 is 0 Å².